The van der Waals surface area contributed by atoms with E-state index < -0.39 is 0 Å². The van der Waals surface area contributed by atoms with Crippen molar-refractivity contribution < 1.29 is 14.2 Å². The van der Waals surface area contributed by atoms with Gasteiger partial charge in [-0.2, -0.15) is 0 Å². The number of nitrogens with two attached hydrogens (primary N) is 1. The van der Waals surface area contributed by atoms with Crippen molar-refractivity contribution in [3.63, 3.8) is 0 Å². The zero-order valence-electron chi connectivity index (χ0n) is 10.0. The molecular formula is C12H19NO3. The van der Waals surface area contributed by atoms with Crippen LogP contribution in [0.1, 0.15) is 18.5 Å². The predicted octanol–water partition coefficient (Wildman–Crippen LogP) is 1.74. The molecule has 0 heterocycles. The minimum absolute atomic E-state index is 0.0121. The quantitative estimate of drug-likeness (QED) is 0.749. The van der Waals surface area contributed by atoms with Gasteiger partial charge in [0.25, 0.3) is 0 Å². The summed E-state index contributed by atoms with van der Waals surface area (Å²) in [6, 6.07) is 5.69. The number of hydrogen-bond acceptors (Lipinski definition) is 4. The number of ether oxygens (including phenoxy) is 3. The van der Waals surface area contributed by atoms with Crippen LogP contribution >= 0.6 is 0 Å². The Labute approximate surface area is 96.3 Å². The van der Waals surface area contributed by atoms with Crippen molar-refractivity contribution in [2.45, 2.75) is 13.0 Å². The van der Waals surface area contributed by atoms with Crippen LogP contribution in [0.3, 0.4) is 0 Å². The van der Waals surface area contributed by atoms with Crippen molar-refractivity contribution in [3.8, 4) is 11.5 Å². The first-order valence-corrected chi connectivity index (χ1v) is 5.24. The fraction of sp³-hybridized carbons (Fsp3) is 0.500. The van der Waals surface area contributed by atoms with Gasteiger partial charge >= 0.3 is 0 Å². The van der Waals surface area contributed by atoms with E-state index in [0.717, 1.165) is 5.56 Å². The first kappa shape index (κ1) is 12.8. The smallest absolute Gasteiger partial charge is 0.161 e. The molecule has 2 N–H and O–H groups in total. The molecule has 0 unspecified atom stereocenters. The van der Waals surface area contributed by atoms with Gasteiger partial charge in [0, 0.05) is 13.2 Å². The number of rotatable bonds is 6. The van der Waals surface area contributed by atoms with Crippen molar-refractivity contribution in [3.05, 3.63) is 23.8 Å². The Kier molecular flexibility index (Phi) is 5.08. The van der Waals surface area contributed by atoms with E-state index in [1.54, 1.807) is 14.2 Å². The third kappa shape index (κ3) is 3.40. The molecule has 1 aromatic rings. The highest BCUT2D eigenvalue weighted by atomic mass is 16.5. The Morgan fingerprint density at radius 1 is 1.19 bits per heavy atom. The fourth-order valence-electron chi connectivity index (χ4n) is 1.32. The highest BCUT2D eigenvalue weighted by molar-refractivity contribution is 5.43. The van der Waals surface area contributed by atoms with E-state index in [4.69, 9.17) is 19.9 Å². The van der Waals surface area contributed by atoms with Gasteiger partial charge in [-0.1, -0.05) is 6.07 Å². The van der Waals surface area contributed by atoms with E-state index in [9.17, 15) is 0 Å². The van der Waals surface area contributed by atoms with Crippen LogP contribution in [-0.2, 0) is 4.74 Å². The number of benzene rings is 1. The monoisotopic (exact) mass is 225 g/mol. The van der Waals surface area contributed by atoms with Crippen LogP contribution in [0.4, 0.5) is 0 Å². The average Bonchev–Trinajstić information content (AvgIpc) is 2.29. The normalized spacial score (nSPS) is 12.2. The van der Waals surface area contributed by atoms with Crippen molar-refractivity contribution in [2.24, 2.45) is 5.73 Å². The molecule has 0 bridgehead atoms. The molecule has 1 rings (SSSR count). The molecule has 4 heteroatoms. The molecule has 0 radical (unpaired) electrons. The molecule has 1 atom stereocenters. The summed E-state index contributed by atoms with van der Waals surface area (Å²) in [5.41, 5.74) is 6.82. The van der Waals surface area contributed by atoms with Crippen molar-refractivity contribution in [1.82, 2.24) is 0 Å². The van der Waals surface area contributed by atoms with E-state index in [-0.39, 0.29) is 6.04 Å². The van der Waals surface area contributed by atoms with E-state index in [0.29, 0.717) is 24.7 Å². The van der Waals surface area contributed by atoms with Crippen molar-refractivity contribution in [2.75, 3.05) is 27.4 Å². The van der Waals surface area contributed by atoms with Gasteiger partial charge in [-0.25, -0.2) is 0 Å². The van der Waals surface area contributed by atoms with Crippen LogP contribution < -0.4 is 15.2 Å². The van der Waals surface area contributed by atoms with Gasteiger partial charge in [0.05, 0.1) is 13.7 Å². The summed E-state index contributed by atoms with van der Waals surface area (Å²) in [6.45, 7) is 2.99. The highest BCUT2D eigenvalue weighted by Crippen LogP contribution is 2.29. The first-order valence-electron chi connectivity index (χ1n) is 5.24. The van der Waals surface area contributed by atoms with Crippen LogP contribution in [0.25, 0.3) is 0 Å². The molecule has 16 heavy (non-hydrogen) atoms. The lowest BCUT2D eigenvalue weighted by Crippen LogP contribution is -2.07. The Balaban J connectivity index is 2.76. The molecular weight excluding hydrogens is 206 g/mol. The second-order valence-electron chi connectivity index (χ2n) is 3.54. The SMILES string of the molecule is COCCOc1ccc([C@H](C)N)cc1OC. The van der Waals surface area contributed by atoms with E-state index >= 15 is 0 Å². The summed E-state index contributed by atoms with van der Waals surface area (Å²) in [7, 11) is 3.25. The van der Waals surface area contributed by atoms with Crippen molar-refractivity contribution >= 4 is 0 Å². The fourth-order valence-corrected chi connectivity index (χ4v) is 1.32. The predicted molar refractivity (Wildman–Crippen MR) is 63.0 cm³/mol. The molecule has 0 aliphatic rings. The van der Waals surface area contributed by atoms with E-state index in [1.807, 2.05) is 25.1 Å². The molecule has 90 valence electrons. The first-order chi connectivity index (χ1) is 7.69. The summed E-state index contributed by atoms with van der Waals surface area (Å²) in [5, 5.41) is 0. The maximum Gasteiger partial charge on any atom is 0.161 e. The Morgan fingerprint density at radius 3 is 2.50 bits per heavy atom. The van der Waals surface area contributed by atoms with Crippen LogP contribution in [0.2, 0.25) is 0 Å². The zero-order valence-corrected chi connectivity index (χ0v) is 10.0. The molecule has 0 aliphatic heterocycles. The van der Waals surface area contributed by atoms with Gasteiger partial charge in [-0.15, -0.1) is 0 Å². The average molecular weight is 225 g/mol. The van der Waals surface area contributed by atoms with Crippen LogP contribution in [0.5, 0.6) is 11.5 Å². The van der Waals surface area contributed by atoms with Gasteiger partial charge in [-0.3, -0.25) is 0 Å². The minimum Gasteiger partial charge on any atom is -0.493 e. The maximum atomic E-state index is 5.79. The molecule has 0 aliphatic carbocycles. The van der Waals surface area contributed by atoms with Crippen molar-refractivity contribution in [1.29, 1.82) is 0 Å². The summed E-state index contributed by atoms with van der Waals surface area (Å²) in [5.74, 6) is 1.41. The summed E-state index contributed by atoms with van der Waals surface area (Å²) in [4.78, 5) is 0. The Hall–Kier alpha value is -1.26. The van der Waals surface area contributed by atoms with Gasteiger partial charge in [-0.05, 0) is 24.6 Å². The van der Waals surface area contributed by atoms with Gasteiger partial charge < -0.3 is 19.9 Å². The maximum absolute atomic E-state index is 5.79. The summed E-state index contributed by atoms with van der Waals surface area (Å²) in [6.07, 6.45) is 0. The topological polar surface area (TPSA) is 53.7 Å². The highest BCUT2D eigenvalue weighted by Gasteiger charge is 2.07. The molecule has 4 nitrogen and oxygen atoms in total. The second kappa shape index (κ2) is 6.35. The van der Waals surface area contributed by atoms with E-state index in [2.05, 4.69) is 0 Å². The molecule has 0 saturated heterocycles. The van der Waals surface area contributed by atoms with Crippen LogP contribution in [0.15, 0.2) is 18.2 Å². The summed E-state index contributed by atoms with van der Waals surface area (Å²) >= 11 is 0. The minimum atomic E-state index is -0.0121. The third-order valence-electron chi connectivity index (χ3n) is 2.26. The van der Waals surface area contributed by atoms with Gasteiger partial charge in [0.1, 0.15) is 6.61 Å². The lowest BCUT2D eigenvalue weighted by molar-refractivity contribution is 0.144. The van der Waals surface area contributed by atoms with E-state index in [1.165, 1.54) is 0 Å². The molecule has 0 saturated carbocycles. The molecule has 0 amide bonds. The Morgan fingerprint density at radius 2 is 1.94 bits per heavy atom. The lowest BCUT2D eigenvalue weighted by Gasteiger charge is -2.13. The van der Waals surface area contributed by atoms with Crippen LogP contribution in [-0.4, -0.2) is 27.4 Å². The lowest BCUT2D eigenvalue weighted by atomic mass is 10.1. The Bertz CT molecular complexity index is 326. The zero-order chi connectivity index (χ0) is 12.0. The third-order valence-corrected chi connectivity index (χ3v) is 2.26. The molecule has 0 spiro atoms. The second-order valence-corrected chi connectivity index (χ2v) is 3.54. The summed E-state index contributed by atoms with van der Waals surface area (Å²) < 4.78 is 15.7. The number of hydrogen-bond donors (Lipinski definition) is 1. The van der Waals surface area contributed by atoms with Gasteiger partial charge in [0.2, 0.25) is 0 Å². The van der Waals surface area contributed by atoms with Crippen LogP contribution in [0, 0.1) is 0 Å². The molecule has 0 fully saturated rings. The standard InChI is InChI=1S/C12H19NO3/c1-9(13)10-4-5-11(12(8-10)15-3)16-7-6-14-2/h4-5,8-9H,6-7,13H2,1-3H3/t9-/m0/s1. The number of methoxy groups -OCH3 is 2. The largest absolute Gasteiger partial charge is 0.493 e. The molecule has 1 aromatic carbocycles. The molecule has 0 aromatic heterocycles. The van der Waals surface area contributed by atoms with Gasteiger partial charge in [0.15, 0.2) is 11.5 Å².